The summed E-state index contributed by atoms with van der Waals surface area (Å²) in [6.45, 7) is 0. The van der Waals surface area contributed by atoms with E-state index in [0.717, 1.165) is 11.5 Å². The molecule has 2 rings (SSSR count). The molecule has 2 aliphatic rings. The lowest BCUT2D eigenvalue weighted by molar-refractivity contribution is 1.32. The first-order valence-electron chi connectivity index (χ1n) is 2.63. The summed E-state index contributed by atoms with van der Waals surface area (Å²) in [5, 5.41) is 0.933. The quantitative estimate of drug-likeness (QED) is 0.465. The molecule has 0 N–H and O–H groups in total. The van der Waals surface area contributed by atoms with Crippen LogP contribution in [-0.4, -0.2) is 0 Å². The van der Waals surface area contributed by atoms with Crippen molar-refractivity contribution >= 4 is 11.6 Å². The van der Waals surface area contributed by atoms with Crippen molar-refractivity contribution in [2.75, 3.05) is 0 Å². The van der Waals surface area contributed by atoms with Gasteiger partial charge in [-0.25, -0.2) is 0 Å². The lowest BCUT2D eigenvalue weighted by atomic mass is 10.3. The standard InChI is InChI=1S/C7H5Cl/c8-7-4-5-1-2-6(7)3-5/h1-2,4H,3H2. The van der Waals surface area contributed by atoms with E-state index in [4.69, 9.17) is 11.6 Å². The molecule has 0 spiro atoms. The Bertz CT molecular complexity index is 219. The summed E-state index contributed by atoms with van der Waals surface area (Å²) in [5.41, 5.74) is 2.63. The fourth-order valence-electron chi connectivity index (χ4n) is 1.06. The average molecular weight is 125 g/mol. The van der Waals surface area contributed by atoms with Crippen LogP contribution in [0.15, 0.2) is 34.4 Å². The summed E-state index contributed by atoms with van der Waals surface area (Å²) in [5.74, 6) is 0. The van der Waals surface area contributed by atoms with Gasteiger partial charge < -0.3 is 0 Å². The Balaban J connectivity index is 2.63. The summed E-state index contributed by atoms with van der Waals surface area (Å²) < 4.78 is 0. The van der Waals surface area contributed by atoms with Crippen LogP contribution in [0.1, 0.15) is 6.42 Å². The first-order valence-corrected chi connectivity index (χ1v) is 3.01. The molecule has 0 saturated carbocycles. The molecule has 0 aromatic heterocycles. The largest absolute Gasteiger partial charge is 0.0840 e. The number of hydrogen-bond acceptors (Lipinski definition) is 0. The Labute approximate surface area is 53.2 Å². The molecule has 40 valence electrons. The van der Waals surface area contributed by atoms with E-state index in [1.165, 1.54) is 11.1 Å². The summed E-state index contributed by atoms with van der Waals surface area (Å²) in [6.07, 6.45) is 7.29. The molecule has 0 aromatic carbocycles. The number of hydrogen-bond donors (Lipinski definition) is 0. The summed E-state index contributed by atoms with van der Waals surface area (Å²) >= 11 is 5.76. The number of rotatable bonds is 0. The second kappa shape index (κ2) is 1.26. The van der Waals surface area contributed by atoms with Crippen LogP contribution in [0.5, 0.6) is 0 Å². The van der Waals surface area contributed by atoms with Crippen LogP contribution in [0.25, 0.3) is 0 Å². The van der Waals surface area contributed by atoms with Gasteiger partial charge in [-0.15, -0.1) is 0 Å². The highest BCUT2D eigenvalue weighted by molar-refractivity contribution is 6.32. The third-order valence-electron chi connectivity index (χ3n) is 1.51. The van der Waals surface area contributed by atoms with Gasteiger partial charge in [-0.2, -0.15) is 0 Å². The summed E-state index contributed by atoms with van der Waals surface area (Å²) in [6, 6.07) is 0. The van der Waals surface area contributed by atoms with Crippen LogP contribution < -0.4 is 0 Å². The molecular weight excluding hydrogens is 120 g/mol. The third-order valence-corrected chi connectivity index (χ3v) is 1.86. The Morgan fingerprint density at radius 1 is 1.38 bits per heavy atom. The zero-order valence-electron chi connectivity index (χ0n) is 4.32. The van der Waals surface area contributed by atoms with Crippen LogP contribution in [0.2, 0.25) is 0 Å². The predicted molar refractivity (Wildman–Crippen MR) is 34.7 cm³/mol. The molecule has 2 bridgehead atoms. The Morgan fingerprint density at radius 3 is 2.50 bits per heavy atom. The molecule has 0 aromatic rings. The molecule has 1 heteroatoms. The highest BCUT2D eigenvalue weighted by Crippen LogP contribution is 2.34. The molecule has 0 saturated heterocycles. The SMILES string of the molecule is ClC1=C2C=CC(=C1)C2. The van der Waals surface area contributed by atoms with Crippen molar-refractivity contribution in [3.8, 4) is 0 Å². The van der Waals surface area contributed by atoms with Gasteiger partial charge in [0.2, 0.25) is 0 Å². The first-order chi connectivity index (χ1) is 3.86. The van der Waals surface area contributed by atoms with Crippen molar-refractivity contribution in [3.63, 3.8) is 0 Å². The average Bonchev–Trinajstić information content (AvgIpc) is 2.23. The van der Waals surface area contributed by atoms with E-state index in [0.29, 0.717) is 0 Å². The second-order valence-corrected chi connectivity index (χ2v) is 2.51. The van der Waals surface area contributed by atoms with Gasteiger partial charge in [-0.3, -0.25) is 0 Å². The lowest BCUT2D eigenvalue weighted by Crippen LogP contribution is -1.66. The molecule has 2 aliphatic carbocycles. The minimum Gasteiger partial charge on any atom is -0.0840 e. The highest BCUT2D eigenvalue weighted by atomic mass is 35.5. The van der Waals surface area contributed by atoms with Crippen LogP contribution in [0.4, 0.5) is 0 Å². The van der Waals surface area contributed by atoms with Crippen LogP contribution >= 0.6 is 11.6 Å². The van der Waals surface area contributed by atoms with Gasteiger partial charge in [-0.05, 0) is 23.6 Å². The first kappa shape index (κ1) is 4.39. The minimum atomic E-state index is 0.933. The van der Waals surface area contributed by atoms with E-state index in [2.05, 4.69) is 12.2 Å². The molecule has 0 aliphatic heterocycles. The van der Waals surface area contributed by atoms with Gasteiger partial charge in [0, 0.05) is 5.03 Å². The third kappa shape index (κ3) is 0.411. The molecule has 0 amide bonds. The normalized spacial score (nSPS) is 22.9. The highest BCUT2D eigenvalue weighted by Gasteiger charge is 2.14. The lowest BCUT2D eigenvalue weighted by Gasteiger charge is -1.86. The maximum Gasteiger partial charge on any atom is 0.0444 e. The van der Waals surface area contributed by atoms with E-state index in [1.54, 1.807) is 0 Å². The van der Waals surface area contributed by atoms with Gasteiger partial charge in [0.05, 0.1) is 0 Å². The van der Waals surface area contributed by atoms with E-state index in [1.807, 2.05) is 6.08 Å². The van der Waals surface area contributed by atoms with Crippen molar-refractivity contribution in [2.24, 2.45) is 0 Å². The summed E-state index contributed by atoms with van der Waals surface area (Å²) in [7, 11) is 0. The molecule has 8 heavy (non-hydrogen) atoms. The molecule has 0 fully saturated rings. The fraction of sp³-hybridized carbons (Fsp3) is 0.143. The number of fused-ring (bicyclic) bond motifs is 2. The van der Waals surface area contributed by atoms with E-state index in [-0.39, 0.29) is 0 Å². The second-order valence-electron chi connectivity index (χ2n) is 2.10. The van der Waals surface area contributed by atoms with Gasteiger partial charge >= 0.3 is 0 Å². The van der Waals surface area contributed by atoms with Gasteiger partial charge in [0.1, 0.15) is 0 Å². The van der Waals surface area contributed by atoms with Gasteiger partial charge in [-0.1, -0.05) is 23.8 Å². The maximum atomic E-state index is 5.76. The smallest absolute Gasteiger partial charge is 0.0444 e. The van der Waals surface area contributed by atoms with Gasteiger partial charge in [0.25, 0.3) is 0 Å². The van der Waals surface area contributed by atoms with Crippen molar-refractivity contribution < 1.29 is 0 Å². The summed E-state index contributed by atoms with van der Waals surface area (Å²) in [4.78, 5) is 0. The molecular formula is C7H5Cl. The van der Waals surface area contributed by atoms with Crippen molar-refractivity contribution in [1.29, 1.82) is 0 Å². The van der Waals surface area contributed by atoms with Crippen LogP contribution in [-0.2, 0) is 0 Å². The fourth-order valence-corrected chi connectivity index (χ4v) is 1.33. The maximum absolute atomic E-state index is 5.76. The van der Waals surface area contributed by atoms with Gasteiger partial charge in [0.15, 0.2) is 0 Å². The molecule has 0 heterocycles. The molecule has 0 nitrogen and oxygen atoms in total. The van der Waals surface area contributed by atoms with Crippen molar-refractivity contribution in [2.45, 2.75) is 6.42 Å². The number of allylic oxidation sites excluding steroid dienone is 6. The van der Waals surface area contributed by atoms with E-state index >= 15 is 0 Å². The Morgan fingerprint density at radius 2 is 2.25 bits per heavy atom. The minimum absolute atomic E-state index is 0.933. The van der Waals surface area contributed by atoms with Crippen LogP contribution in [0, 0.1) is 0 Å². The zero-order valence-corrected chi connectivity index (χ0v) is 5.07. The van der Waals surface area contributed by atoms with Crippen molar-refractivity contribution in [1.82, 2.24) is 0 Å². The van der Waals surface area contributed by atoms with E-state index < -0.39 is 0 Å². The molecule has 0 unspecified atom stereocenters. The predicted octanol–water partition coefficient (Wildman–Crippen LogP) is 2.38. The monoisotopic (exact) mass is 124 g/mol. The Hall–Kier alpha value is -0.490. The van der Waals surface area contributed by atoms with Crippen LogP contribution in [0.3, 0.4) is 0 Å². The molecule has 0 radical (unpaired) electrons. The molecule has 0 atom stereocenters. The zero-order chi connectivity index (χ0) is 5.56. The number of halogens is 1. The topological polar surface area (TPSA) is 0 Å². The Kier molecular flexibility index (Phi) is 0.694. The van der Waals surface area contributed by atoms with Crippen molar-refractivity contribution in [3.05, 3.63) is 34.4 Å². The van der Waals surface area contributed by atoms with E-state index in [9.17, 15) is 0 Å².